The molecular formula is C17H20N2O3. The van der Waals surface area contributed by atoms with Crippen LogP contribution in [0.2, 0.25) is 0 Å². The van der Waals surface area contributed by atoms with Crippen molar-refractivity contribution in [1.82, 2.24) is 10.1 Å². The van der Waals surface area contributed by atoms with Crippen LogP contribution in [0, 0.1) is 0 Å². The van der Waals surface area contributed by atoms with Crippen LogP contribution in [0.3, 0.4) is 0 Å². The lowest BCUT2D eigenvalue weighted by atomic mass is 10.0. The smallest absolute Gasteiger partial charge is 0.331 e. The van der Waals surface area contributed by atoms with Crippen LogP contribution in [-0.2, 0) is 24.1 Å². The summed E-state index contributed by atoms with van der Waals surface area (Å²) < 4.78 is 5.05. The van der Waals surface area contributed by atoms with Gasteiger partial charge in [-0.1, -0.05) is 49.3 Å². The number of nitrogens with zero attached hydrogens (tertiary/aromatic N) is 2. The van der Waals surface area contributed by atoms with Gasteiger partial charge in [0.1, 0.15) is 0 Å². The standard InChI is InChI=1S/C17H20N2O3/c1-3-4-5-13-6-8-14(9-7-13)11-15-18-16(22-19-15)10-12(2)17(20)21/h6-9H,2-5,10-11H2,1H3,(H,20,21). The van der Waals surface area contributed by atoms with E-state index in [-0.39, 0.29) is 17.9 Å². The number of benzene rings is 1. The summed E-state index contributed by atoms with van der Waals surface area (Å²) in [6.07, 6.45) is 4.12. The van der Waals surface area contributed by atoms with E-state index in [2.05, 4.69) is 47.9 Å². The van der Waals surface area contributed by atoms with E-state index < -0.39 is 5.97 Å². The van der Waals surface area contributed by atoms with Gasteiger partial charge in [-0.2, -0.15) is 4.98 Å². The van der Waals surface area contributed by atoms with Gasteiger partial charge in [-0.3, -0.25) is 0 Å². The summed E-state index contributed by atoms with van der Waals surface area (Å²) in [6, 6.07) is 8.38. The molecule has 0 aliphatic heterocycles. The molecular weight excluding hydrogens is 280 g/mol. The number of carbonyl (C=O) groups is 1. The molecule has 2 rings (SSSR count). The fourth-order valence-electron chi connectivity index (χ4n) is 2.08. The van der Waals surface area contributed by atoms with Crippen LogP contribution in [0.1, 0.15) is 42.6 Å². The Morgan fingerprint density at radius 2 is 1.95 bits per heavy atom. The van der Waals surface area contributed by atoms with Crippen molar-refractivity contribution in [2.75, 3.05) is 0 Å². The highest BCUT2D eigenvalue weighted by Gasteiger charge is 2.12. The summed E-state index contributed by atoms with van der Waals surface area (Å²) in [5, 5.41) is 12.7. The Balaban J connectivity index is 1.95. The predicted molar refractivity (Wildman–Crippen MR) is 82.6 cm³/mol. The van der Waals surface area contributed by atoms with E-state index in [9.17, 15) is 4.79 Å². The molecule has 22 heavy (non-hydrogen) atoms. The number of unbranched alkanes of at least 4 members (excludes halogenated alkanes) is 1. The summed E-state index contributed by atoms with van der Waals surface area (Å²) >= 11 is 0. The summed E-state index contributed by atoms with van der Waals surface area (Å²) in [7, 11) is 0. The number of hydrogen-bond donors (Lipinski definition) is 1. The molecule has 1 N–H and O–H groups in total. The maximum Gasteiger partial charge on any atom is 0.331 e. The summed E-state index contributed by atoms with van der Waals surface area (Å²) in [6.45, 7) is 5.63. The molecule has 0 aliphatic carbocycles. The van der Waals surface area contributed by atoms with Gasteiger partial charge in [-0.15, -0.1) is 0 Å². The summed E-state index contributed by atoms with van der Waals surface area (Å²) in [4.78, 5) is 14.9. The molecule has 0 aliphatic rings. The lowest BCUT2D eigenvalue weighted by Crippen LogP contribution is -2.02. The van der Waals surface area contributed by atoms with Crippen molar-refractivity contribution in [3.05, 3.63) is 59.3 Å². The van der Waals surface area contributed by atoms with Gasteiger partial charge in [0.15, 0.2) is 5.82 Å². The normalized spacial score (nSPS) is 10.6. The molecule has 0 amide bonds. The molecule has 0 fully saturated rings. The third-order valence-corrected chi connectivity index (χ3v) is 3.38. The highest BCUT2D eigenvalue weighted by molar-refractivity contribution is 5.86. The van der Waals surface area contributed by atoms with E-state index in [4.69, 9.17) is 9.63 Å². The first kappa shape index (κ1) is 15.9. The van der Waals surface area contributed by atoms with Crippen LogP contribution in [0.25, 0.3) is 0 Å². The van der Waals surface area contributed by atoms with E-state index in [0.29, 0.717) is 12.2 Å². The zero-order valence-electron chi connectivity index (χ0n) is 12.7. The number of carboxylic acids is 1. The monoisotopic (exact) mass is 300 g/mol. The lowest BCUT2D eigenvalue weighted by Gasteiger charge is -2.01. The fraction of sp³-hybridized carbons (Fsp3) is 0.353. The molecule has 1 aromatic carbocycles. The van der Waals surface area contributed by atoms with E-state index in [0.717, 1.165) is 12.0 Å². The van der Waals surface area contributed by atoms with Crippen molar-refractivity contribution in [3.8, 4) is 0 Å². The van der Waals surface area contributed by atoms with Crippen molar-refractivity contribution in [3.63, 3.8) is 0 Å². The molecule has 0 saturated carbocycles. The maximum absolute atomic E-state index is 10.7. The highest BCUT2D eigenvalue weighted by atomic mass is 16.5. The number of hydrogen-bond acceptors (Lipinski definition) is 4. The third-order valence-electron chi connectivity index (χ3n) is 3.38. The minimum Gasteiger partial charge on any atom is -0.478 e. The Morgan fingerprint density at radius 1 is 1.27 bits per heavy atom. The van der Waals surface area contributed by atoms with Crippen molar-refractivity contribution in [1.29, 1.82) is 0 Å². The Hall–Kier alpha value is -2.43. The molecule has 1 aromatic heterocycles. The SMILES string of the molecule is C=C(Cc1nc(Cc2ccc(CCCC)cc2)no1)C(=O)O. The van der Waals surface area contributed by atoms with Gasteiger partial charge >= 0.3 is 5.97 Å². The minimum absolute atomic E-state index is 0.0375. The van der Waals surface area contributed by atoms with Crippen LogP contribution in [0.15, 0.2) is 40.9 Å². The minimum atomic E-state index is -1.05. The molecule has 2 aromatic rings. The topological polar surface area (TPSA) is 76.2 Å². The highest BCUT2D eigenvalue weighted by Crippen LogP contribution is 2.12. The predicted octanol–water partition coefficient (Wildman–Crippen LogP) is 3.19. The van der Waals surface area contributed by atoms with Crippen LogP contribution < -0.4 is 0 Å². The van der Waals surface area contributed by atoms with E-state index in [1.807, 2.05) is 0 Å². The molecule has 1 heterocycles. The van der Waals surface area contributed by atoms with Crippen LogP contribution >= 0.6 is 0 Å². The van der Waals surface area contributed by atoms with Crippen molar-refractivity contribution in [2.24, 2.45) is 0 Å². The number of aliphatic carboxylic acids is 1. The second-order valence-corrected chi connectivity index (χ2v) is 5.29. The van der Waals surface area contributed by atoms with Gasteiger partial charge < -0.3 is 9.63 Å². The lowest BCUT2D eigenvalue weighted by molar-refractivity contribution is -0.132. The quantitative estimate of drug-likeness (QED) is 0.758. The first-order valence-electron chi connectivity index (χ1n) is 7.39. The third kappa shape index (κ3) is 4.55. The number of carboxylic acid groups (broad SMARTS) is 1. The van der Waals surface area contributed by atoms with E-state index in [1.165, 1.54) is 18.4 Å². The Bertz CT molecular complexity index is 644. The Morgan fingerprint density at radius 3 is 2.59 bits per heavy atom. The zero-order valence-corrected chi connectivity index (χ0v) is 12.7. The fourth-order valence-corrected chi connectivity index (χ4v) is 2.08. The molecule has 0 spiro atoms. The van der Waals surface area contributed by atoms with Crippen molar-refractivity contribution in [2.45, 2.75) is 39.0 Å². The molecule has 116 valence electrons. The Kier molecular flexibility index (Phi) is 5.47. The second kappa shape index (κ2) is 7.54. The summed E-state index contributed by atoms with van der Waals surface area (Å²) in [5.74, 6) is -0.223. The average Bonchev–Trinajstić information content (AvgIpc) is 2.93. The number of aryl methyl sites for hydroxylation is 1. The van der Waals surface area contributed by atoms with Crippen LogP contribution in [0.5, 0.6) is 0 Å². The van der Waals surface area contributed by atoms with Crippen molar-refractivity contribution < 1.29 is 14.4 Å². The first-order valence-corrected chi connectivity index (χ1v) is 7.39. The first-order chi connectivity index (χ1) is 10.6. The van der Waals surface area contributed by atoms with E-state index >= 15 is 0 Å². The van der Waals surface area contributed by atoms with Gasteiger partial charge in [0.25, 0.3) is 0 Å². The van der Waals surface area contributed by atoms with Gasteiger partial charge in [0, 0.05) is 12.0 Å². The Labute approximate surface area is 129 Å². The molecule has 0 unspecified atom stereocenters. The summed E-state index contributed by atoms with van der Waals surface area (Å²) in [5.41, 5.74) is 2.47. The molecule has 0 radical (unpaired) electrons. The van der Waals surface area contributed by atoms with Gasteiger partial charge in [0.05, 0.1) is 6.42 Å². The largest absolute Gasteiger partial charge is 0.478 e. The molecule has 0 bridgehead atoms. The van der Waals surface area contributed by atoms with Gasteiger partial charge in [-0.05, 0) is 24.0 Å². The van der Waals surface area contributed by atoms with Gasteiger partial charge in [0.2, 0.25) is 5.89 Å². The molecule has 5 nitrogen and oxygen atoms in total. The molecule has 0 saturated heterocycles. The van der Waals surface area contributed by atoms with Gasteiger partial charge in [-0.25, -0.2) is 4.79 Å². The van der Waals surface area contributed by atoms with Crippen molar-refractivity contribution >= 4 is 5.97 Å². The number of rotatable bonds is 8. The second-order valence-electron chi connectivity index (χ2n) is 5.29. The number of aromatic nitrogens is 2. The average molecular weight is 300 g/mol. The molecule has 5 heteroatoms. The zero-order chi connectivity index (χ0) is 15.9. The van der Waals surface area contributed by atoms with Crippen LogP contribution in [-0.4, -0.2) is 21.2 Å². The van der Waals surface area contributed by atoms with Crippen LogP contribution in [0.4, 0.5) is 0 Å². The maximum atomic E-state index is 10.7. The van der Waals surface area contributed by atoms with E-state index in [1.54, 1.807) is 0 Å². The molecule has 0 atom stereocenters.